The molecule has 0 unspecified atom stereocenters. The standard InChI is InChI=1S/C23H21N5O2/c24-18-7-1-4-16(12-18)5-3-11-30-23(29)27-20-9-10-22-26-14-21(28(22)15-20)17-6-2-8-19(25)13-17/h1-10,12-15H,11,24-25H2,(H,27,29)/b5-3+. The maximum atomic E-state index is 12.1. The van der Waals surface area contributed by atoms with Gasteiger partial charge in [-0.1, -0.05) is 30.3 Å². The van der Waals surface area contributed by atoms with Crippen LogP contribution in [0.1, 0.15) is 5.56 Å². The first-order chi connectivity index (χ1) is 14.6. The molecule has 0 bridgehead atoms. The van der Waals surface area contributed by atoms with Gasteiger partial charge in [-0.25, -0.2) is 9.78 Å². The minimum absolute atomic E-state index is 0.141. The third-order valence-electron chi connectivity index (χ3n) is 4.47. The van der Waals surface area contributed by atoms with Crippen LogP contribution in [0.2, 0.25) is 0 Å². The molecule has 4 rings (SSSR count). The van der Waals surface area contributed by atoms with Gasteiger partial charge in [-0.05, 0) is 48.0 Å². The fourth-order valence-corrected chi connectivity index (χ4v) is 3.09. The first-order valence-electron chi connectivity index (χ1n) is 9.37. The molecule has 1 amide bonds. The number of carbonyl (C=O) groups is 1. The Morgan fingerprint density at radius 2 is 1.87 bits per heavy atom. The van der Waals surface area contributed by atoms with Crippen molar-refractivity contribution >= 4 is 34.9 Å². The Morgan fingerprint density at radius 1 is 1.07 bits per heavy atom. The second-order valence-electron chi connectivity index (χ2n) is 6.71. The van der Waals surface area contributed by atoms with Crippen LogP contribution in [0.5, 0.6) is 0 Å². The number of nitrogen functional groups attached to an aromatic ring is 2. The smallest absolute Gasteiger partial charge is 0.411 e. The van der Waals surface area contributed by atoms with Gasteiger partial charge in [0.05, 0.1) is 17.6 Å². The van der Waals surface area contributed by atoms with Gasteiger partial charge in [0.2, 0.25) is 0 Å². The molecule has 7 nitrogen and oxygen atoms in total. The maximum Gasteiger partial charge on any atom is 0.411 e. The highest BCUT2D eigenvalue weighted by Gasteiger charge is 2.09. The molecule has 0 aliphatic carbocycles. The zero-order valence-corrected chi connectivity index (χ0v) is 16.2. The van der Waals surface area contributed by atoms with Gasteiger partial charge in [0, 0.05) is 23.1 Å². The normalized spacial score (nSPS) is 11.1. The molecule has 150 valence electrons. The zero-order chi connectivity index (χ0) is 20.9. The Labute approximate surface area is 173 Å². The molecule has 30 heavy (non-hydrogen) atoms. The molecule has 0 radical (unpaired) electrons. The molecule has 4 aromatic rings. The zero-order valence-electron chi connectivity index (χ0n) is 16.2. The average Bonchev–Trinajstić information content (AvgIpc) is 3.15. The highest BCUT2D eigenvalue weighted by atomic mass is 16.5. The number of hydrogen-bond acceptors (Lipinski definition) is 5. The lowest BCUT2D eigenvalue weighted by molar-refractivity contribution is 0.174. The number of amides is 1. The van der Waals surface area contributed by atoms with Crippen molar-refractivity contribution < 1.29 is 9.53 Å². The Morgan fingerprint density at radius 3 is 2.67 bits per heavy atom. The molecule has 0 saturated heterocycles. The number of ether oxygens (including phenoxy) is 1. The average molecular weight is 399 g/mol. The number of benzene rings is 2. The van der Waals surface area contributed by atoms with E-state index in [1.54, 1.807) is 24.5 Å². The minimum Gasteiger partial charge on any atom is -0.445 e. The number of rotatable bonds is 5. The summed E-state index contributed by atoms with van der Waals surface area (Å²) in [5, 5.41) is 2.73. The Hall–Kier alpha value is -4.26. The number of nitrogens with one attached hydrogen (secondary N) is 1. The molecule has 0 aliphatic rings. The first-order valence-corrected chi connectivity index (χ1v) is 9.37. The van der Waals surface area contributed by atoms with Crippen LogP contribution in [0, 0.1) is 0 Å². The molecular formula is C23H21N5O2. The summed E-state index contributed by atoms with van der Waals surface area (Å²) in [6.45, 7) is 0.141. The van der Waals surface area contributed by atoms with E-state index < -0.39 is 6.09 Å². The van der Waals surface area contributed by atoms with Crippen molar-refractivity contribution in [1.29, 1.82) is 0 Å². The Kier molecular flexibility index (Phi) is 5.34. The number of anilines is 3. The molecule has 0 saturated carbocycles. The summed E-state index contributed by atoms with van der Waals surface area (Å²) in [7, 11) is 0. The number of imidazole rings is 1. The minimum atomic E-state index is -0.544. The monoisotopic (exact) mass is 399 g/mol. The largest absolute Gasteiger partial charge is 0.445 e. The van der Waals surface area contributed by atoms with Crippen molar-refractivity contribution in [1.82, 2.24) is 9.38 Å². The molecule has 2 aromatic carbocycles. The summed E-state index contributed by atoms with van der Waals surface area (Å²) in [6.07, 6.45) is 6.62. The highest BCUT2D eigenvalue weighted by Crippen LogP contribution is 2.24. The lowest BCUT2D eigenvalue weighted by Crippen LogP contribution is -2.14. The number of fused-ring (bicyclic) bond motifs is 1. The Bertz CT molecular complexity index is 1230. The van der Waals surface area contributed by atoms with Gasteiger partial charge in [-0.2, -0.15) is 0 Å². The van der Waals surface area contributed by atoms with Crippen molar-refractivity contribution in [2.24, 2.45) is 0 Å². The van der Waals surface area contributed by atoms with E-state index in [9.17, 15) is 4.79 Å². The van der Waals surface area contributed by atoms with Crippen LogP contribution < -0.4 is 16.8 Å². The Balaban J connectivity index is 1.42. The van der Waals surface area contributed by atoms with E-state index in [4.69, 9.17) is 16.2 Å². The predicted molar refractivity (Wildman–Crippen MR) is 120 cm³/mol. The molecule has 7 heteroatoms. The maximum absolute atomic E-state index is 12.1. The van der Waals surface area contributed by atoms with Gasteiger partial charge in [-0.15, -0.1) is 0 Å². The summed E-state index contributed by atoms with van der Waals surface area (Å²) in [4.78, 5) is 16.5. The SMILES string of the molecule is Nc1cccc(/C=C/COC(=O)Nc2ccc3ncc(-c4cccc(N)c4)n3c2)c1. The first kappa shape index (κ1) is 19.1. The lowest BCUT2D eigenvalue weighted by Gasteiger charge is -2.08. The van der Waals surface area contributed by atoms with Crippen LogP contribution in [0.3, 0.4) is 0 Å². The van der Waals surface area contributed by atoms with Crippen LogP contribution in [0.15, 0.2) is 79.1 Å². The van der Waals surface area contributed by atoms with Gasteiger partial charge >= 0.3 is 6.09 Å². The second kappa shape index (κ2) is 8.40. The van der Waals surface area contributed by atoms with E-state index in [0.29, 0.717) is 17.1 Å². The molecule has 2 aromatic heterocycles. The van der Waals surface area contributed by atoms with Gasteiger partial charge < -0.3 is 16.2 Å². The molecular weight excluding hydrogens is 378 g/mol. The third-order valence-corrected chi connectivity index (χ3v) is 4.47. The van der Waals surface area contributed by atoms with Crippen LogP contribution in [-0.4, -0.2) is 22.1 Å². The molecule has 2 heterocycles. The fraction of sp³-hybridized carbons (Fsp3) is 0.0435. The van der Waals surface area contributed by atoms with Crippen molar-refractivity contribution in [3.63, 3.8) is 0 Å². The number of nitrogens with zero attached hydrogens (tertiary/aromatic N) is 2. The van der Waals surface area contributed by atoms with Crippen LogP contribution in [-0.2, 0) is 4.74 Å². The van der Waals surface area contributed by atoms with E-state index in [1.807, 2.05) is 65.1 Å². The van der Waals surface area contributed by atoms with Crippen molar-refractivity contribution in [3.05, 3.63) is 84.7 Å². The summed E-state index contributed by atoms with van der Waals surface area (Å²) >= 11 is 0. The number of carbonyl (C=O) groups excluding carboxylic acids is 1. The van der Waals surface area contributed by atoms with E-state index >= 15 is 0 Å². The van der Waals surface area contributed by atoms with Crippen molar-refractivity contribution in [2.75, 3.05) is 23.4 Å². The third kappa shape index (κ3) is 4.41. The van der Waals surface area contributed by atoms with E-state index in [-0.39, 0.29) is 6.61 Å². The topological polar surface area (TPSA) is 108 Å². The van der Waals surface area contributed by atoms with Gasteiger partial charge in [-0.3, -0.25) is 9.72 Å². The lowest BCUT2D eigenvalue weighted by atomic mass is 10.1. The number of nitrogens with two attached hydrogens (primary N) is 2. The molecule has 0 aliphatic heterocycles. The molecule has 0 spiro atoms. The summed E-state index contributed by atoms with van der Waals surface area (Å²) < 4.78 is 7.11. The highest BCUT2D eigenvalue weighted by molar-refractivity contribution is 5.85. The van der Waals surface area contributed by atoms with Gasteiger partial charge in [0.25, 0.3) is 0 Å². The molecule has 0 fully saturated rings. The number of pyridine rings is 1. The van der Waals surface area contributed by atoms with Crippen LogP contribution in [0.25, 0.3) is 23.0 Å². The van der Waals surface area contributed by atoms with Crippen molar-refractivity contribution in [2.45, 2.75) is 0 Å². The van der Waals surface area contributed by atoms with Crippen LogP contribution in [0.4, 0.5) is 21.9 Å². The van der Waals surface area contributed by atoms with Crippen molar-refractivity contribution in [3.8, 4) is 11.3 Å². The molecule has 5 N–H and O–H groups in total. The van der Waals surface area contributed by atoms with E-state index in [1.165, 1.54) is 0 Å². The quantitative estimate of drug-likeness (QED) is 0.430. The fourth-order valence-electron chi connectivity index (χ4n) is 3.09. The number of hydrogen-bond donors (Lipinski definition) is 3. The van der Waals surface area contributed by atoms with E-state index in [2.05, 4.69) is 10.3 Å². The predicted octanol–water partition coefficient (Wildman–Crippen LogP) is 4.43. The van der Waals surface area contributed by atoms with Crippen LogP contribution >= 0.6 is 0 Å². The van der Waals surface area contributed by atoms with Gasteiger partial charge in [0.1, 0.15) is 12.3 Å². The summed E-state index contributed by atoms with van der Waals surface area (Å²) in [5.41, 5.74) is 17.1. The summed E-state index contributed by atoms with van der Waals surface area (Å²) in [5.74, 6) is 0. The molecule has 0 atom stereocenters. The van der Waals surface area contributed by atoms with E-state index in [0.717, 1.165) is 22.5 Å². The second-order valence-corrected chi connectivity index (χ2v) is 6.71. The van der Waals surface area contributed by atoms with Gasteiger partial charge in [0.15, 0.2) is 0 Å². The summed E-state index contributed by atoms with van der Waals surface area (Å²) in [6, 6.07) is 18.6. The number of aromatic nitrogens is 2.